The van der Waals surface area contributed by atoms with Gasteiger partial charge in [0.25, 0.3) is 23.6 Å². The molecule has 9 N–H and O–H groups in total. The predicted octanol–water partition coefficient (Wildman–Crippen LogP) is 8.85. The van der Waals surface area contributed by atoms with Crippen LogP contribution in [0.4, 0.5) is 23.7 Å². The summed E-state index contributed by atoms with van der Waals surface area (Å²) in [7, 11) is 4.65. The van der Waals surface area contributed by atoms with E-state index in [4.69, 9.17) is 64.2 Å². The number of rotatable bonds is 20. The highest BCUT2D eigenvalue weighted by Crippen LogP contribution is 2.40. The molecule has 7 aromatic rings. The second kappa shape index (κ2) is 46.4. The van der Waals surface area contributed by atoms with E-state index in [1.54, 1.807) is 51.3 Å². The van der Waals surface area contributed by atoms with E-state index in [1.807, 2.05) is 93.0 Å². The Bertz CT molecular complexity index is 5380. The maximum atomic E-state index is 14.7. The molecule has 2 bridgehead atoms. The molecule has 3 saturated heterocycles. The molecule has 0 spiro atoms. The number of nitrogen functional groups attached to an aromatic ring is 2. The van der Waals surface area contributed by atoms with Gasteiger partial charge in [-0.3, -0.25) is 24.0 Å². The summed E-state index contributed by atoms with van der Waals surface area (Å²) in [5.41, 5.74) is 23.2. The number of oxazole rings is 1. The van der Waals surface area contributed by atoms with Crippen molar-refractivity contribution in [3.05, 3.63) is 142 Å². The van der Waals surface area contributed by atoms with Gasteiger partial charge in [-0.2, -0.15) is 10.1 Å². The minimum Gasteiger partial charge on any atom is -0.460 e. The van der Waals surface area contributed by atoms with E-state index in [-0.39, 0.29) is 79.5 Å². The number of nitrogens with one attached hydrogen (secondary N) is 1. The number of Topliss-reactive ketones (excluding diaryl/α,β-unsaturated/α-hetero) is 1. The van der Waals surface area contributed by atoms with Crippen LogP contribution in [0.25, 0.3) is 33.4 Å². The Morgan fingerprint density at radius 1 is 0.731 bits per heavy atom. The first-order valence-corrected chi connectivity index (χ1v) is 47.1. The molecule has 4 fully saturated rings. The number of aliphatic hydroxyl groups excluding tert-OH is 3. The summed E-state index contributed by atoms with van der Waals surface area (Å²) in [5, 5.41) is 60.1. The molecule has 2 aromatic carbocycles. The Morgan fingerprint density at radius 3 is 2.23 bits per heavy atom. The standard InChI is InChI=1S/C69H103N9O14.C29H31N9O4/c1-42-17-13-12-14-18-44(3)57(87-9)35-52-22-20-49(8)69(86,92-52)64(83)65(84)78-25-16-15-19-54(78)66(85)91-58(46(5)33-50-21-23-55(79)59(34-50)88-10)36-56(80)45(4)32-48(7)62(82)63(89-11)61(47(6)31-42)74-90-41-60(81)77-26-24-53-51(40-77)39-72-68(73-53)76-29-27-75(28-30-76)67-70-37-43(2)38-71-67;1-17(39)32-8-11-41-10-7-24(40)37-9-6-19-12-18(2-3-21(19)15-37)14-38-28-25(27(30)33-16-34-28)26(36-38)20-4-5-23-22(13-20)35-29(31)42-23/h12-14,17-18,32,37-39,42,45-47,49-50,52,54-59,62-63,79-80,82,86H,15-16,19-31,33-36,40-41H2,1-11H3;2-5,12-13,16H,6-11,14-15H2,1H3,(H2,31,35)(H,32,39)(H2,30,33,34)/b14-12+,17-13+,44-18+,48-32+,74-61?;/t42-,45-,46-,47-,49-,50+,52+,54+,55-,56-,57+,58+,59-,62-,63+,69-;/m1./s1. The van der Waals surface area contributed by atoms with E-state index in [9.17, 15) is 49.2 Å². The Hall–Kier alpha value is -11.1. The molecule has 7 aliphatic rings. The molecule has 5 aromatic heterocycles. The van der Waals surface area contributed by atoms with Crippen LogP contribution in [0, 0.1) is 42.4 Å². The number of ether oxygens (including phenoxy) is 6. The lowest BCUT2D eigenvalue weighted by atomic mass is 9.78. The minimum absolute atomic E-state index is 0.0136. The minimum atomic E-state index is -2.45. The molecule has 1 saturated carbocycles. The number of carbonyl (C=O) groups is 6. The average Bonchev–Trinajstić information content (AvgIpc) is 1.72. The van der Waals surface area contributed by atoms with Gasteiger partial charge >= 0.3 is 5.97 Å². The maximum absolute atomic E-state index is 14.7. The Morgan fingerprint density at radius 2 is 1.48 bits per heavy atom. The number of ketones is 1. The highest BCUT2D eigenvalue weighted by molar-refractivity contribution is 6.39. The first-order valence-electron chi connectivity index (χ1n) is 47.1. The number of carbonyl (C=O) groups excluding carboxylic acids is 6. The van der Waals surface area contributed by atoms with Gasteiger partial charge in [0, 0.05) is 160 Å². The number of nitrogens with two attached hydrogens (primary N) is 2. The number of cyclic esters (lactones) is 1. The number of piperazine rings is 1. The van der Waals surface area contributed by atoms with Gasteiger partial charge in [-0.15, -0.1) is 0 Å². The quantitative estimate of drug-likeness (QED) is 0.0123. The molecule has 36 heteroatoms. The predicted molar refractivity (Wildman–Crippen MR) is 503 cm³/mol. The summed E-state index contributed by atoms with van der Waals surface area (Å²) in [6.45, 7) is 22.8. The molecule has 6 aliphatic heterocycles. The van der Waals surface area contributed by atoms with Gasteiger partial charge in [0.2, 0.25) is 29.5 Å². The van der Waals surface area contributed by atoms with Crippen molar-refractivity contribution in [2.45, 2.75) is 239 Å². The van der Waals surface area contributed by atoms with E-state index in [0.29, 0.717) is 193 Å². The van der Waals surface area contributed by atoms with Crippen molar-refractivity contribution in [3.8, 4) is 11.3 Å². The number of aromatic nitrogens is 9. The van der Waals surface area contributed by atoms with Crippen LogP contribution in [-0.4, -0.2) is 275 Å². The molecule has 134 heavy (non-hydrogen) atoms. The number of allylic oxidation sites excluding steroid dienone is 5. The molecule has 1 aliphatic carbocycles. The second-order valence-corrected chi connectivity index (χ2v) is 37.1. The number of aliphatic hydroxyl groups is 4. The van der Waals surface area contributed by atoms with Crippen molar-refractivity contribution < 1.29 is 86.9 Å². The third-order valence-electron chi connectivity index (χ3n) is 27.2. The summed E-state index contributed by atoms with van der Waals surface area (Å²) in [6, 6.07) is 10.8. The zero-order chi connectivity index (χ0) is 95.6. The number of anilines is 4. The molecule has 36 nitrogen and oxygen atoms in total. The fourth-order valence-corrected chi connectivity index (χ4v) is 19.2. The zero-order valence-corrected chi connectivity index (χ0v) is 79.3. The number of nitrogens with zero attached hydrogens (tertiary/aromatic N) is 15. The maximum Gasteiger partial charge on any atom is 0.329 e. The van der Waals surface area contributed by atoms with Crippen LogP contribution in [0.2, 0.25) is 0 Å². The van der Waals surface area contributed by atoms with Crippen LogP contribution in [0.1, 0.15) is 172 Å². The molecule has 0 unspecified atom stereocenters. The van der Waals surface area contributed by atoms with Gasteiger partial charge in [0.15, 0.2) is 17.8 Å². The van der Waals surface area contributed by atoms with E-state index in [2.05, 4.69) is 76.4 Å². The molecule has 4 amide bonds. The van der Waals surface area contributed by atoms with Gasteiger partial charge in [0.05, 0.1) is 73.5 Å². The van der Waals surface area contributed by atoms with Crippen LogP contribution in [0.15, 0.2) is 118 Å². The Balaban J connectivity index is 0.000000299. The Kier molecular flexibility index (Phi) is 34.8. The Labute approximate surface area is 782 Å². The fourth-order valence-electron chi connectivity index (χ4n) is 19.2. The SMILES string of the molecule is CC(=O)NCCOCCC(=O)N1CCc2cc(Cn3nc(-c4ccc5oc(N)nc5c4)c4c(N)ncnc43)ccc2C1.CO[C@H]1C[C@@H]2CC[C@@H](C)[C@@](O)(O2)C(=O)C(=O)N2CCCC[C@H]2C(=O)O[C@H]([C@H](C)C[C@@H]2CC[C@@H](O)[C@H](OC)C2)C[C@@H](O)[C@H](C)/C=C(\C)[C@@H](O)[C@@H](OC)C(=NOCC(=O)N2CCc3nc(N4CCN(c5ncc(C)cn5)CC4)ncc3C2)[C@H](C)C[C@H](C)/C=C/C=C/C=C/1C. The van der Waals surface area contributed by atoms with Gasteiger partial charge in [-0.1, -0.05) is 94.4 Å². The highest BCUT2D eigenvalue weighted by atomic mass is 16.6. The first kappa shape index (κ1) is 100. The van der Waals surface area contributed by atoms with Crippen LogP contribution >= 0.6 is 0 Å². The topological polar surface area (TPSA) is 462 Å². The number of hydrogen-bond acceptors (Lipinski definition) is 31. The number of esters is 1. The lowest BCUT2D eigenvalue weighted by Crippen LogP contribution is -2.61. The number of fused-ring (bicyclic) bond motifs is 7. The van der Waals surface area contributed by atoms with E-state index < -0.39 is 84.1 Å². The van der Waals surface area contributed by atoms with Crippen molar-refractivity contribution >= 4 is 87.0 Å². The van der Waals surface area contributed by atoms with Gasteiger partial charge in [0.1, 0.15) is 47.7 Å². The zero-order valence-electron chi connectivity index (χ0n) is 79.3. The normalized spacial score (nSPS) is 28.1. The van der Waals surface area contributed by atoms with Crippen LogP contribution in [0.5, 0.6) is 0 Å². The number of oxime groups is 1. The van der Waals surface area contributed by atoms with Gasteiger partial charge in [-0.05, 0) is 161 Å². The molecule has 16 atom stereocenters. The van der Waals surface area contributed by atoms with E-state index in [1.165, 1.54) is 30.8 Å². The van der Waals surface area contributed by atoms with Gasteiger partial charge in [-0.25, -0.2) is 39.4 Å². The summed E-state index contributed by atoms with van der Waals surface area (Å²) in [6.07, 6.45) is 19.2. The average molecular weight is 1850 g/mol. The summed E-state index contributed by atoms with van der Waals surface area (Å²) in [5.74, 6) is -5.82. The first-order chi connectivity index (χ1) is 64.4. The highest BCUT2D eigenvalue weighted by Gasteiger charge is 2.53. The largest absolute Gasteiger partial charge is 0.460 e. The van der Waals surface area contributed by atoms with Crippen LogP contribution in [0.3, 0.4) is 0 Å². The van der Waals surface area contributed by atoms with Crippen molar-refractivity contribution in [2.75, 3.05) is 115 Å². The lowest BCUT2D eigenvalue weighted by Gasteiger charge is -2.43. The smallest absolute Gasteiger partial charge is 0.329 e. The van der Waals surface area contributed by atoms with Crippen molar-refractivity contribution in [3.63, 3.8) is 0 Å². The van der Waals surface area contributed by atoms with E-state index >= 15 is 0 Å². The number of aryl methyl sites for hydroxylation is 1. The van der Waals surface area contributed by atoms with Gasteiger partial charge < -0.3 is 99.4 Å². The van der Waals surface area contributed by atoms with E-state index in [0.717, 1.165) is 65.0 Å². The number of hydrogen-bond donors (Lipinski definition) is 7. The van der Waals surface area contributed by atoms with Crippen molar-refractivity contribution in [1.29, 1.82) is 0 Å². The van der Waals surface area contributed by atoms with Crippen LogP contribution < -0.4 is 26.6 Å². The monoisotopic (exact) mass is 1850 g/mol. The number of amides is 4. The molecular weight excluding hydrogens is 1720 g/mol. The lowest BCUT2D eigenvalue weighted by molar-refractivity contribution is -0.265. The summed E-state index contributed by atoms with van der Waals surface area (Å²) in [4.78, 5) is 128. The second-order valence-electron chi connectivity index (χ2n) is 37.1. The molecule has 11 heterocycles. The molecule has 724 valence electrons. The molecule has 0 radical (unpaired) electrons. The third-order valence-corrected chi connectivity index (χ3v) is 27.2. The molecular formula is C98H134N18O18. The fraction of sp³-hybridized carbons (Fsp3) is 0.582. The van der Waals surface area contributed by atoms with Crippen molar-refractivity contribution in [2.24, 2.45) is 40.7 Å². The number of methoxy groups -OCH3 is 3. The number of piperidine rings is 1. The molecule has 14 rings (SSSR count). The summed E-state index contributed by atoms with van der Waals surface area (Å²) < 4.78 is 43.1. The van der Waals surface area contributed by atoms with Crippen molar-refractivity contribution in [1.82, 2.24) is 64.7 Å². The third kappa shape index (κ3) is 25.2. The number of benzene rings is 2. The van der Waals surface area contributed by atoms with Crippen LogP contribution in [-0.2, 0) is 94.5 Å². The summed E-state index contributed by atoms with van der Waals surface area (Å²) >= 11 is 0.